The van der Waals surface area contributed by atoms with E-state index in [1.807, 2.05) is 24.3 Å². The number of fused-ring (bicyclic) bond motifs is 1. The summed E-state index contributed by atoms with van der Waals surface area (Å²) in [6.07, 6.45) is 1.31. The van der Waals surface area contributed by atoms with Gasteiger partial charge in [-0.15, -0.1) is 0 Å². The fourth-order valence-corrected chi connectivity index (χ4v) is 3.70. The first-order valence-corrected chi connectivity index (χ1v) is 8.77. The summed E-state index contributed by atoms with van der Waals surface area (Å²) in [5.41, 5.74) is 1.75. The van der Waals surface area contributed by atoms with Crippen LogP contribution in [-0.4, -0.2) is 38.4 Å². The Hall–Kier alpha value is -3.42. The number of para-hydroxylation sites is 2. The number of carbonyl (C=O) groups excluding carboxylic acids is 1. The molecule has 1 saturated heterocycles. The van der Waals surface area contributed by atoms with Gasteiger partial charge in [0.1, 0.15) is 0 Å². The molecule has 0 unspecified atom stereocenters. The molecule has 1 aliphatic heterocycles. The zero-order valence-electron chi connectivity index (χ0n) is 14.5. The quantitative estimate of drug-likeness (QED) is 0.569. The Balaban J connectivity index is 1.51. The van der Waals surface area contributed by atoms with Crippen molar-refractivity contribution < 1.29 is 9.72 Å². The Morgan fingerprint density at radius 3 is 2.59 bits per heavy atom. The molecule has 27 heavy (non-hydrogen) atoms. The molecule has 0 saturated carbocycles. The largest absolute Gasteiger partial charge is 0.338 e. The fraction of sp³-hybridized carbons (Fsp3) is 0.263. The maximum absolute atomic E-state index is 12.7. The van der Waals surface area contributed by atoms with Gasteiger partial charge in [0.2, 0.25) is 0 Å². The van der Waals surface area contributed by atoms with Crippen LogP contribution in [0.25, 0.3) is 11.0 Å². The highest BCUT2D eigenvalue weighted by atomic mass is 16.6. The normalized spacial score (nSPS) is 15.2. The number of non-ortho nitro benzene ring substituents is 1. The van der Waals surface area contributed by atoms with Crippen molar-refractivity contribution in [2.24, 2.45) is 0 Å². The number of carbonyl (C=O) groups is 1. The van der Waals surface area contributed by atoms with Gasteiger partial charge in [-0.2, -0.15) is 0 Å². The average molecular weight is 366 g/mol. The van der Waals surface area contributed by atoms with Crippen molar-refractivity contribution >= 4 is 22.6 Å². The van der Waals surface area contributed by atoms with Crippen LogP contribution >= 0.6 is 0 Å². The van der Waals surface area contributed by atoms with Gasteiger partial charge in [0.05, 0.1) is 16.0 Å². The standard InChI is InChI=1S/C19H18N4O4/c24-18(13-4-3-5-15(12-13)23(26)27)21-10-8-14(9-11-21)22-17-7-2-1-6-16(17)20-19(22)25/h1-7,12,14H,8-11H2,(H,20,25). The Morgan fingerprint density at radius 2 is 1.85 bits per heavy atom. The molecule has 1 fully saturated rings. The minimum Gasteiger partial charge on any atom is -0.338 e. The van der Waals surface area contributed by atoms with Crippen molar-refractivity contribution in [3.63, 3.8) is 0 Å². The zero-order chi connectivity index (χ0) is 19.0. The molecule has 0 aliphatic carbocycles. The van der Waals surface area contributed by atoms with Gasteiger partial charge in [0.15, 0.2) is 0 Å². The number of likely N-dealkylation sites (tertiary alicyclic amines) is 1. The van der Waals surface area contributed by atoms with Crippen LogP contribution in [0.3, 0.4) is 0 Å². The van der Waals surface area contributed by atoms with E-state index in [-0.39, 0.29) is 23.3 Å². The Kier molecular flexibility index (Phi) is 4.23. The van der Waals surface area contributed by atoms with E-state index in [0.717, 1.165) is 11.0 Å². The van der Waals surface area contributed by atoms with E-state index in [0.29, 0.717) is 31.5 Å². The second kappa shape index (κ2) is 6.71. The molecular weight excluding hydrogens is 348 g/mol. The Morgan fingerprint density at radius 1 is 1.11 bits per heavy atom. The van der Waals surface area contributed by atoms with E-state index in [2.05, 4.69) is 4.98 Å². The number of nitrogens with zero attached hydrogens (tertiary/aromatic N) is 3. The van der Waals surface area contributed by atoms with E-state index in [1.165, 1.54) is 18.2 Å². The molecule has 0 bridgehead atoms. The van der Waals surface area contributed by atoms with Gasteiger partial charge < -0.3 is 9.88 Å². The number of aromatic nitrogens is 2. The molecule has 138 valence electrons. The molecular formula is C19H18N4O4. The van der Waals surface area contributed by atoms with Crippen LogP contribution in [0.1, 0.15) is 29.2 Å². The molecule has 1 amide bonds. The maximum Gasteiger partial charge on any atom is 0.326 e. The van der Waals surface area contributed by atoms with Crippen LogP contribution < -0.4 is 5.69 Å². The third-order valence-electron chi connectivity index (χ3n) is 5.04. The lowest BCUT2D eigenvalue weighted by Gasteiger charge is -2.32. The molecule has 3 aromatic rings. The van der Waals surface area contributed by atoms with E-state index in [9.17, 15) is 19.7 Å². The lowest BCUT2D eigenvalue weighted by atomic mass is 10.0. The number of hydrogen-bond donors (Lipinski definition) is 1. The Labute approximate surface area is 154 Å². The first kappa shape index (κ1) is 17.0. The van der Waals surface area contributed by atoms with Crippen LogP contribution in [-0.2, 0) is 0 Å². The molecule has 2 heterocycles. The molecule has 1 aliphatic rings. The smallest absolute Gasteiger partial charge is 0.326 e. The summed E-state index contributed by atoms with van der Waals surface area (Å²) < 4.78 is 1.77. The van der Waals surface area contributed by atoms with Crippen molar-refractivity contribution in [2.45, 2.75) is 18.9 Å². The SMILES string of the molecule is O=C(c1cccc([N+](=O)[O-])c1)N1CCC(n2c(=O)[nH]c3ccccc32)CC1. The number of nitro groups is 1. The van der Waals surface area contributed by atoms with Crippen molar-refractivity contribution in [3.05, 3.63) is 74.7 Å². The van der Waals surface area contributed by atoms with Gasteiger partial charge in [-0.25, -0.2) is 4.79 Å². The minimum absolute atomic E-state index is 0.0165. The lowest BCUT2D eigenvalue weighted by Crippen LogP contribution is -2.40. The summed E-state index contributed by atoms with van der Waals surface area (Å²) in [5.74, 6) is -0.219. The van der Waals surface area contributed by atoms with Gasteiger partial charge in [-0.1, -0.05) is 18.2 Å². The highest BCUT2D eigenvalue weighted by molar-refractivity contribution is 5.94. The highest BCUT2D eigenvalue weighted by Crippen LogP contribution is 2.26. The summed E-state index contributed by atoms with van der Waals surface area (Å²) in [6, 6.07) is 13.3. The van der Waals surface area contributed by atoms with Crippen molar-refractivity contribution in [1.82, 2.24) is 14.5 Å². The topological polar surface area (TPSA) is 101 Å². The van der Waals surface area contributed by atoms with Crippen LogP contribution in [0.5, 0.6) is 0 Å². The number of amides is 1. The molecule has 4 rings (SSSR count). The van der Waals surface area contributed by atoms with Gasteiger partial charge in [0.25, 0.3) is 11.6 Å². The van der Waals surface area contributed by atoms with E-state index < -0.39 is 4.92 Å². The number of benzene rings is 2. The van der Waals surface area contributed by atoms with E-state index >= 15 is 0 Å². The third kappa shape index (κ3) is 3.10. The van der Waals surface area contributed by atoms with Crippen molar-refractivity contribution in [3.8, 4) is 0 Å². The van der Waals surface area contributed by atoms with Gasteiger partial charge >= 0.3 is 5.69 Å². The molecule has 0 spiro atoms. The predicted octanol–water partition coefficient (Wildman–Crippen LogP) is 2.72. The number of aromatic amines is 1. The molecule has 1 N–H and O–H groups in total. The van der Waals surface area contributed by atoms with Crippen LogP contribution in [0.2, 0.25) is 0 Å². The first-order chi connectivity index (χ1) is 13.0. The second-order valence-corrected chi connectivity index (χ2v) is 6.65. The predicted molar refractivity (Wildman–Crippen MR) is 99.8 cm³/mol. The first-order valence-electron chi connectivity index (χ1n) is 8.77. The number of rotatable bonds is 3. The van der Waals surface area contributed by atoms with Gasteiger partial charge in [0, 0.05) is 36.8 Å². The summed E-state index contributed by atoms with van der Waals surface area (Å²) in [7, 11) is 0. The summed E-state index contributed by atoms with van der Waals surface area (Å²) >= 11 is 0. The van der Waals surface area contributed by atoms with Gasteiger partial charge in [-0.05, 0) is 31.0 Å². The summed E-state index contributed by atoms with van der Waals surface area (Å²) in [6.45, 7) is 0.996. The number of nitro benzene ring substituents is 1. The van der Waals surface area contributed by atoms with E-state index in [1.54, 1.807) is 15.5 Å². The third-order valence-corrected chi connectivity index (χ3v) is 5.04. The van der Waals surface area contributed by atoms with Crippen LogP contribution in [0, 0.1) is 10.1 Å². The van der Waals surface area contributed by atoms with E-state index in [4.69, 9.17) is 0 Å². The summed E-state index contributed by atoms with van der Waals surface area (Å²) in [4.78, 5) is 40.0. The fourth-order valence-electron chi connectivity index (χ4n) is 3.70. The second-order valence-electron chi connectivity index (χ2n) is 6.65. The lowest BCUT2D eigenvalue weighted by molar-refractivity contribution is -0.384. The highest BCUT2D eigenvalue weighted by Gasteiger charge is 2.27. The maximum atomic E-state index is 12.7. The zero-order valence-corrected chi connectivity index (χ0v) is 14.5. The summed E-state index contributed by atoms with van der Waals surface area (Å²) in [5, 5.41) is 10.9. The number of hydrogen-bond acceptors (Lipinski definition) is 4. The monoisotopic (exact) mass is 366 g/mol. The van der Waals surface area contributed by atoms with Gasteiger partial charge in [-0.3, -0.25) is 19.5 Å². The Bertz CT molecular complexity index is 1080. The van der Waals surface area contributed by atoms with Crippen molar-refractivity contribution in [2.75, 3.05) is 13.1 Å². The molecule has 8 nitrogen and oxygen atoms in total. The minimum atomic E-state index is -0.507. The molecule has 2 aromatic carbocycles. The molecule has 1 aromatic heterocycles. The van der Waals surface area contributed by atoms with Crippen LogP contribution in [0.15, 0.2) is 53.3 Å². The number of piperidine rings is 1. The number of nitrogens with one attached hydrogen (secondary N) is 1. The molecule has 0 atom stereocenters. The average Bonchev–Trinajstić information content (AvgIpc) is 3.03. The number of H-pyrrole nitrogens is 1. The molecule has 0 radical (unpaired) electrons. The molecule has 8 heteroatoms. The van der Waals surface area contributed by atoms with Crippen LogP contribution in [0.4, 0.5) is 5.69 Å². The van der Waals surface area contributed by atoms with Crippen molar-refractivity contribution in [1.29, 1.82) is 0 Å². The number of imidazole rings is 1.